The molecule has 32 heavy (non-hydrogen) atoms. The minimum Gasteiger partial charge on any atom is -0.325 e. The van der Waals surface area contributed by atoms with E-state index in [0.717, 1.165) is 20.9 Å². The summed E-state index contributed by atoms with van der Waals surface area (Å²) in [4.78, 5) is 31.0. The van der Waals surface area contributed by atoms with E-state index in [-0.39, 0.29) is 18.0 Å². The van der Waals surface area contributed by atoms with Crippen molar-refractivity contribution in [1.82, 2.24) is 14.1 Å². The van der Waals surface area contributed by atoms with Crippen LogP contribution in [0.5, 0.6) is 0 Å². The summed E-state index contributed by atoms with van der Waals surface area (Å²) in [7, 11) is 0. The molecule has 5 aromatic rings. The lowest BCUT2D eigenvalue weighted by Gasteiger charge is -2.10. The average molecular weight is 487 g/mol. The molecule has 0 fully saturated rings. The van der Waals surface area contributed by atoms with Gasteiger partial charge in [-0.05, 0) is 29.8 Å². The molecule has 0 atom stereocenters. The van der Waals surface area contributed by atoms with Crippen molar-refractivity contribution in [3.05, 3.63) is 106 Å². The second-order valence-corrected chi connectivity index (χ2v) is 8.44. The van der Waals surface area contributed by atoms with E-state index in [2.05, 4.69) is 26.2 Å². The van der Waals surface area contributed by atoms with Gasteiger partial charge in [0, 0.05) is 15.5 Å². The Morgan fingerprint density at radius 1 is 0.969 bits per heavy atom. The number of aromatic nitrogens is 3. The fraction of sp³-hybridized carbons (Fsp3) is 0.0800. The molecule has 2 heterocycles. The summed E-state index contributed by atoms with van der Waals surface area (Å²) in [5, 5.41) is 3.75. The minimum atomic E-state index is -0.219. The van der Waals surface area contributed by atoms with Crippen LogP contribution in [0, 0.1) is 0 Å². The monoisotopic (exact) mass is 486 g/mol. The number of rotatable bonds is 5. The molecule has 0 saturated heterocycles. The van der Waals surface area contributed by atoms with Gasteiger partial charge in [0.25, 0.3) is 5.56 Å². The highest BCUT2D eigenvalue weighted by atomic mass is 79.9. The van der Waals surface area contributed by atoms with Crippen LogP contribution < -0.4 is 10.9 Å². The lowest BCUT2D eigenvalue weighted by Crippen LogP contribution is -2.25. The predicted octanol–water partition coefficient (Wildman–Crippen LogP) is 4.80. The van der Waals surface area contributed by atoms with Gasteiger partial charge in [-0.1, -0.05) is 70.5 Å². The first-order chi connectivity index (χ1) is 15.6. The molecule has 0 saturated carbocycles. The van der Waals surface area contributed by atoms with Crippen LogP contribution in [-0.4, -0.2) is 20.0 Å². The van der Waals surface area contributed by atoms with E-state index in [4.69, 9.17) is 0 Å². The van der Waals surface area contributed by atoms with Crippen molar-refractivity contribution in [3.8, 4) is 0 Å². The van der Waals surface area contributed by atoms with Gasteiger partial charge in [0.1, 0.15) is 17.6 Å². The molecule has 0 unspecified atom stereocenters. The molecule has 5 rings (SSSR count). The van der Waals surface area contributed by atoms with Crippen LogP contribution in [-0.2, 0) is 17.9 Å². The highest BCUT2D eigenvalue weighted by molar-refractivity contribution is 9.10. The Morgan fingerprint density at radius 2 is 1.75 bits per heavy atom. The van der Waals surface area contributed by atoms with E-state index in [1.54, 1.807) is 15.5 Å². The van der Waals surface area contributed by atoms with Crippen LogP contribution in [0.1, 0.15) is 5.56 Å². The van der Waals surface area contributed by atoms with Crippen molar-refractivity contribution < 1.29 is 4.79 Å². The van der Waals surface area contributed by atoms with Crippen LogP contribution in [0.25, 0.3) is 21.9 Å². The molecular weight excluding hydrogens is 468 g/mol. The summed E-state index contributed by atoms with van der Waals surface area (Å²) in [5.74, 6) is -0.219. The number of fused-ring (bicyclic) bond motifs is 3. The number of hydrogen-bond donors (Lipinski definition) is 1. The van der Waals surface area contributed by atoms with Crippen LogP contribution >= 0.6 is 15.9 Å². The molecule has 0 aliphatic rings. The first kappa shape index (κ1) is 20.2. The zero-order valence-corrected chi connectivity index (χ0v) is 18.6. The van der Waals surface area contributed by atoms with E-state index in [0.29, 0.717) is 23.3 Å². The van der Waals surface area contributed by atoms with Crippen molar-refractivity contribution in [3.63, 3.8) is 0 Å². The molecule has 0 radical (unpaired) electrons. The quantitative estimate of drug-likeness (QED) is 0.387. The van der Waals surface area contributed by atoms with Crippen molar-refractivity contribution in [2.24, 2.45) is 0 Å². The smallest absolute Gasteiger partial charge is 0.278 e. The molecule has 1 N–H and O–H groups in total. The minimum absolute atomic E-state index is 0.00277. The maximum absolute atomic E-state index is 13.5. The number of hydrogen-bond acceptors (Lipinski definition) is 3. The Kier molecular flexibility index (Phi) is 5.33. The predicted molar refractivity (Wildman–Crippen MR) is 130 cm³/mol. The van der Waals surface area contributed by atoms with Crippen LogP contribution in [0.2, 0.25) is 0 Å². The molecule has 1 amide bonds. The van der Waals surface area contributed by atoms with E-state index >= 15 is 0 Å². The van der Waals surface area contributed by atoms with Crippen molar-refractivity contribution in [2.75, 3.05) is 5.32 Å². The Bertz CT molecular complexity index is 1510. The second-order valence-electron chi connectivity index (χ2n) is 7.52. The van der Waals surface area contributed by atoms with E-state index in [1.165, 1.54) is 0 Å². The highest BCUT2D eigenvalue weighted by Crippen LogP contribution is 2.25. The van der Waals surface area contributed by atoms with Crippen LogP contribution in [0.3, 0.4) is 0 Å². The molecular formula is C25H19BrN4O2. The van der Waals surface area contributed by atoms with E-state index in [1.807, 2.05) is 78.9 Å². The summed E-state index contributed by atoms with van der Waals surface area (Å²) < 4.78 is 4.22. The lowest BCUT2D eigenvalue weighted by atomic mass is 10.2. The summed E-state index contributed by atoms with van der Waals surface area (Å²) in [6.07, 6.45) is 1.58. The Morgan fingerprint density at radius 3 is 2.56 bits per heavy atom. The SMILES string of the molecule is O=C(Cn1c2ccccc2c2ncn(Cc3ccccc3)c(=O)c21)Nc1cccc(Br)c1. The van der Waals surface area contributed by atoms with Gasteiger partial charge in [-0.25, -0.2) is 4.98 Å². The van der Waals surface area contributed by atoms with Gasteiger partial charge in [0.2, 0.25) is 5.91 Å². The van der Waals surface area contributed by atoms with E-state index < -0.39 is 0 Å². The number of carbonyl (C=O) groups is 1. The van der Waals surface area contributed by atoms with Crippen LogP contribution in [0.15, 0.2) is 94.5 Å². The largest absolute Gasteiger partial charge is 0.325 e. The number of carbonyl (C=O) groups excluding carboxylic acids is 1. The summed E-state index contributed by atoms with van der Waals surface area (Å²) in [5.41, 5.74) is 3.34. The van der Waals surface area contributed by atoms with Crippen molar-refractivity contribution in [1.29, 1.82) is 0 Å². The zero-order valence-electron chi connectivity index (χ0n) is 17.0. The normalized spacial score (nSPS) is 11.2. The average Bonchev–Trinajstić information content (AvgIpc) is 3.10. The van der Waals surface area contributed by atoms with Gasteiger partial charge in [-0.3, -0.25) is 14.2 Å². The third-order valence-corrected chi connectivity index (χ3v) is 5.83. The molecule has 0 spiro atoms. The number of nitrogens with zero attached hydrogens (tertiary/aromatic N) is 3. The molecule has 6 nitrogen and oxygen atoms in total. The number of halogens is 1. The highest BCUT2D eigenvalue weighted by Gasteiger charge is 2.18. The Labute approximate surface area is 192 Å². The standard InChI is InChI=1S/C25H19BrN4O2/c26-18-9-6-10-19(13-18)28-22(31)15-30-21-12-5-4-11-20(21)23-24(30)25(32)29(16-27-23)14-17-7-2-1-3-8-17/h1-13,16H,14-15H2,(H,28,31). The third kappa shape index (κ3) is 3.83. The first-order valence-electron chi connectivity index (χ1n) is 10.2. The lowest BCUT2D eigenvalue weighted by molar-refractivity contribution is -0.116. The van der Waals surface area contributed by atoms with Gasteiger partial charge >= 0.3 is 0 Å². The molecule has 0 aliphatic heterocycles. The number of anilines is 1. The topological polar surface area (TPSA) is 68.9 Å². The van der Waals surface area contributed by atoms with Gasteiger partial charge in [0.05, 0.1) is 18.4 Å². The number of benzene rings is 3. The number of nitrogens with one attached hydrogen (secondary N) is 1. The Balaban J connectivity index is 1.59. The number of amides is 1. The Hall–Kier alpha value is -3.71. The number of para-hydroxylation sites is 1. The molecule has 7 heteroatoms. The summed E-state index contributed by atoms with van der Waals surface area (Å²) in [6, 6.07) is 24.8. The maximum Gasteiger partial charge on any atom is 0.278 e. The zero-order chi connectivity index (χ0) is 22.1. The van der Waals surface area contributed by atoms with Crippen molar-refractivity contribution >= 4 is 49.5 Å². The fourth-order valence-electron chi connectivity index (χ4n) is 3.92. The molecule has 158 valence electrons. The molecule has 0 aliphatic carbocycles. The maximum atomic E-state index is 13.5. The second kappa shape index (κ2) is 8.43. The van der Waals surface area contributed by atoms with Gasteiger partial charge in [0.15, 0.2) is 0 Å². The van der Waals surface area contributed by atoms with E-state index in [9.17, 15) is 9.59 Å². The molecule has 3 aromatic carbocycles. The van der Waals surface area contributed by atoms with Crippen LogP contribution in [0.4, 0.5) is 5.69 Å². The third-order valence-electron chi connectivity index (χ3n) is 5.34. The molecule has 2 aromatic heterocycles. The van der Waals surface area contributed by atoms with Gasteiger partial charge in [-0.15, -0.1) is 0 Å². The fourth-order valence-corrected chi connectivity index (χ4v) is 4.31. The molecule has 0 bridgehead atoms. The van der Waals surface area contributed by atoms with Crippen molar-refractivity contribution in [2.45, 2.75) is 13.1 Å². The van der Waals surface area contributed by atoms with Gasteiger partial charge < -0.3 is 9.88 Å². The van der Waals surface area contributed by atoms with Gasteiger partial charge in [-0.2, -0.15) is 0 Å². The summed E-state index contributed by atoms with van der Waals surface area (Å²) >= 11 is 3.41. The summed E-state index contributed by atoms with van der Waals surface area (Å²) in [6.45, 7) is 0.414. The first-order valence-corrected chi connectivity index (χ1v) is 11.0.